The van der Waals surface area contributed by atoms with Crippen LogP contribution in [0, 0.1) is 0 Å². The highest BCUT2D eigenvalue weighted by Gasteiger charge is 2.03. The second kappa shape index (κ2) is 16.7. The van der Waals surface area contributed by atoms with Crippen molar-refractivity contribution in [3.63, 3.8) is 0 Å². The van der Waals surface area contributed by atoms with E-state index in [1.165, 1.54) is 6.42 Å². The number of hydrogen-bond acceptors (Lipinski definition) is 6. The molecule has 0 aliphatic rings. The van der Waals surface area contributed by atoms with Crippen molar-refractivity contribution in [3.8, 4) is 0 Å². The minimum Gasteiger partial charge on any atom is -0.460 e. The largest absolute Gasteiger partial charge is 0.460 e. The third kappa shape index (κ3) is 18.3. The van der Waals surface area contributed by atoms with Crippen LogP contribution in [0.2, 0.25) is 0 Å². The molecule has 0 bridgehead atoms. The number of hydrogen-bond donors (Lipinski definition) is 0. The van der Waals surface area contributed by atoms with E-state index < -0.39 is 11.9 Å². The number of rotatable bonds is 11. The maximum atomic E-state index is 11.0. The highest BCUT2D eigenvalue weighted by molar-refractivity contribution is 5.87. The van der Waals surface area contributed by atoms with Crippen molar-refractivity contribution in [2.24, 2.45) is 0 Å². The molecule has 0 saturated heterocycles. The first kappa shape index (κ1) is 23.6. The maximum absolute atomic E-state index is 11.0. The van der Waals surface area contributed by atoms with E-state index in [-0.39, 0.29) is 13.2 Å². The summed E-state index contributed by atoms with van der Waals surface area (Å²) in [6.45, 7) is 16.0. The number of carbonyl (C=O) groups is 2. The topological polar surface area (TPSA) is 71.1 Å². The lowest BCUT2D eigenvalue weighted by Crippen LogP contribution is -2.15. The van der Waals surface area contributed by atoms with Crippen LogP contribution in [0.15, 0.2) is 24.3 Å². The Hall–Kier alpha value is -1.66. The van der Waals surface area contributed by atoms with Crippen molar-refractivity contribution >= 4 is 11.9 Å². The molecule has 0 unspecified atom stereocenters. The molecule has 0 fully saturated rings. The van der Waals surface area contributed by atoms with Gasteiger partial charge in [0.2, 0.25) is 0 Å². The molecule has 0 aliphatic carbocycles. The average molecular weight is 330 g/mol. The van der Waals surface area contributed by atoms with E-state index in [2.05, 4.69) is 27.0 Å². The molecule has 0 N–H and O–H groups in total. The summed E-state index contributed by atoms with van der Waals surface area (Å²) in [5.74, 6) is -0.853. The van der Waals surface area contributed by atoms with Gasteiger partial charge in [0.25, 0.3) is 0 Å². The van der Waals surface area contributed by atoms with Gasteiger partial charge in [0, 0.05) is 11.1 Å². The zero-order valence-electron chi connectivity index (χ0n) is 14.8. The number of esters is 2. The Morgan fingerprint density at radius 3 is 1.22 bits per heavy atom. The Morgan fingerprint density at radius 2 is 0.957 bits per heavy atom. The minimum atomic E-state index is -0.427. The second-order valence-corrected chi connectivity index (χ2v) is 4.76. The van der Waals surface area contributed by atoms with Crippen molar-refractivity contribution in [2.45, 2.75) is 34.1 Å². The van der Waals surface area contributed by atoms with Gasteiger partial charge in [-0.25, -0.2) is 9.59 Å². The fourth-order valence-electron chi connectivity index (χ4n) is 0.955. The van der Waals surface area contributed by atoms with E-state index in [0.29, 0.717) is 37.6 Å². The smallest absolute Gasteiger partial charge is 0.333 e. The number of carbonyl (C=O) groups excluding carboxylic acids is 2. The summed E-state index contributed by atoms with van der Waals surface area (Å²) in [6.07, 6.45) is 1.25. The van der Waals surface area contributed by atoms with Gasteiger partial charge in [-0.1, -0.05) is 33.4 Å². The first-order chi connectivity index (χ1) is 10.9. The predicted octanol–water partition coefficient (Wildman–Crippen LogP) is 2.67. The van der Waals surface area contributed by atoms with Gasteiger partial charge in [-0.15, -0.1) is 0 Å². The van der Waals surface area contributed by atoms with Gasteiger partial charge in [-0.2, -0.15) is 0 Å². The summed E-state index contributed by atoms with van der Waals surface area (Å²) in [6, 6.07) is 0. The van der Waals surface area contributed by atoms with E-state index in [1.807, 2.05) is 0 Å². The maximum Gasteiger partial charge on any atom is 0.333 e. The van der Waals surface area contributed by atoms with Gasteiger partial charge >= 0.3 is 11.9 Å². The van der Waals surface area contributed by atoms with Crippen LogP contribution in [-0.4, -0.2) is 51.6 Å². The van der Waals surface area contributed by atoms with Crippen molar-refractivity contribution in [1.82, 2.24) is 0 Å². The fourth-order valence-corrected chi connectivity index (χ4v) is 0.955. The molecule has 0 aromatic heterocycles. The Balaban J connectivity index is 0. The van der Waals surface area contributed by atoms with E-state index >= 15 is 0 Å². The zero-order chi connectivity index (χ0) is 18.1. The lowest BCUT2D eigenvalue weighted by Gasteiger charge is -2.07. The Morgan fingerprint density at radius 1 is 0.696 bits per heavy atom. The molecule has 0 aromatic carbocycles. The van der Waals surface area contributed by atoms with Gasteiger partial charge in [-0.3, -0.25) is 0 Å². The Kier molecular flexibility index (Phi) is 17.1. The molecule has 0 spiro atoms. The summed E-state index contributed by atoms with van der Waals surface area (Å²) in [5.41, 5.74) is 0.718. The lowest BCUT2D eigenvalue weighted by atomic mass is 10.4. The molecule has 0 atom stereocenters. The Bertz CT molecular complexity index is 328. The molecule has 0 aromatic rings. The molecular weight excluding hydrogens is 300 g/mol. The molecular formula is C17H30O6. The van der Waals surface area contributed by atoms with Crippen molar-refractivity contribution in [1.29, 1.82) is 0 Å². The summed E-state index contributed by atoms with van der Waals surface area (Å²) < 4.78 is 20.0. The standard InChI is InChI=1S/C14H22O6.C3H8/c1-11(2)13(15)19-9-7-17-5-6-18-8-10-20-14(16)12(3)4;1-3-2/h1,3,5-10H2,2,4H3;3H2,1-2H3. The van der Waals surface area contributed by atoms with Crippen molar-refractivity contribution in [2.75, 3.05) is 39.6 Å². The normalized spacial score (nSPS) is 9.39. The molecule has 0 amide bonds. The predicted molar refractivity (Wildman–Crippen MR) is 89.1 cm³/mol. The van der Waals surface area contributed by atoms with Crippen molar-refractivity contribution in [3.05, 3.63) is 24.3 Å². The van der Waals surface area contributed by atoms with Gasteiger partial charge in [0.1, 0.15) is 13.2 Å². The molecule has 0 heterocycles. The van der Waals surface area contributed by atoms with E-state index in [9.17, 15) is 9.59 Å². The summed E-state index contributed by atoms with van der Waals surface area (Å²) in [4.78, 5) is 22.0. The van der Waals surface area contributed by atoms with Crippen molar-refractivity contribution < 1.29 is 28.5 Å². The molecule has 6 heteroatoms. The highest BCUT2D eigenvalue weighted by atomic mass is 16.6. The van der Waals surface area contributed by atoms with Crippen LogP contribution in [0.25, 0.3) is 0 Å². The van der Waals surface area contributed by atoms with Crippen LogP contribution in [0.5, 0.6) is 0 Å². The monoisotopic (exact) mass is 330 g/mol. The molecule has 6 nitrogen and oxygen atoms in total. The van der Waals surface area contributed by atoms with Gasteiger partial charge in [0.05, 0.1) is 26.4 Å². The van der Waals surface area contributed by atoms with Crippen LogP contribution in [0.4, 0.5) is 0 Å². The van der Waals surface area contributed by atoms with Crippen LogP contribution in [0.1, 0.15) is 34.1 Å². The second-order valence-electron chi connectivity index (χ2n) is 4.76. The number of ether oxygens (including phenoxy) is 4. The Labute approximate surface area is 139 Å². The third-order valence-electron chi connectivity index (χ3n) is 1.99. The van der Waals surface area contributed by atoms with Crippen LogP contribution in [0.3, 0.4) is 0 Å². The molecule has 0 saturated carbocycles. The van der Waals surface area contributed by atoms with Crippen LogP contribution < -0.4 is 0 Å². The van der Waals surface area contributed by atoms with E-state index in [1.54, 1.807) is 13.8 Å². The van der Waals surface area contributed by atoms with Crippen LogP contribution in [-0.2, 0) is 28.5 Å². The van der Waals surface area contributed by atoms with E-state index in [0.717, 1.165) is 0 Å². The lowest BCUT2D eigenvalue weighted by molar-refractivity contribution is -0.142. The molecule has 0 aliphatic heterocycles. The summed E-state index contributed by atoms with van der Waals surface area (Å²) >= 11 is 0. The minimum absolute atomic E-state index is 0.182. The summed E-state index contributed by atoms with van der Waals surface area (Å²) in [5, 5.41) is 0. The van der Waals surface area contributed by atoms with E-state index in [4.69, 9.17) is 18.9 Å². The fraction of sp³-hybridized carbons (Fsp3) is 0.647. The van der Waals surface area contributed by atoms with Gasteiger partial charge in [0.15, 0.2) is 0 Å². The van der Waals surface area contributed by atoms with Crippen LogP contribution >= 0.6 is 0 Å². The zero-order valence-corrected chi connectivity index (χ0v) is 14.8. The SMILES string of the molecule is C=C(C)C(=O)OCCOCCOCCOC(=O)C(=C)C.CCC. The molecule has 0 rings (SSSR count). The first-order valence-corrected chi connectivity index (χ1v) is 7.67. The molecule has 0 radical (unpaired) electrons. The average Bonchev–Trinajstić information content (AvgIpc) is 2.49. The quantitative estimate of drug-likeness (QED) is 0.329. The van der Waals surface area contributed by atoms with Gasteiger partial charge < -0.3 is 18.9 Å². The molecule has 23 heavy (non-hydrogen) atoms. The molecule has 134 valence electrons. The first-order valence-electron chi connectivity index (χ1n) is 7.67. The highest BCUT2D eigenvalue weighted by Crippen LogP contribution is 1.92. The third-order valence-corrected chi connectivity index (χ3v) is 1.99. The summed E-state index contributed by atoms with van der Waals surface area (Å²) in [7, 11) is 0. The van der Waals surface area contributed by atoms with Gasteiger partial charge in [-0.05, 0) is 13.8 Å².